The van der Waals surface area contributed by atoms with Gasteiger partial charge < -0.3 is 0 Å². The summed E-state index contributed by atoms with van der Waals surface area (Å²) in [4.78, 5) is 30.3. The van der Waals surface area contributed by atoms with Crippen LogP contribution in [0.1, 0.15) is 23.2 Å². The zero-order valence-corrected chi connectivity index (χ0v) is 9.87. The minimum absolute atomic E-state index is 0.336. The molecule has 0 spiro atoms. The van der Waals surface area contributed by atoms with Crippen molar-refractivity contribution >= 4 is 17.4 Å². The Morgan fingerprint density at radius 3 is 2.11 bits per heavy atom. The number of carbonyl (C=O) groups is 1. The number of alkyl halides is 1. The summed E-state index contributed by atoms with van der Waals surface area (Å²) in [6.07, 6.45) is -1.03. The van der Waals surface area contributed by atoms with Crippen LogP contribution < -0.4 is 0 Å². The average Bonchev–Trinajstić information content (AvgIpc) is 2.36. The Kier molecular flexibility index (Phi) is 4.33. The molecule has 0 bridgehead atoms. The minimum Gasteiger partial charge on any atom is -0.294 e. The standard InChI is InChI=1S/C10H9ClN2O5/c11-10(12(15)16,13(17)18)7-6-9(14)8-4-2-1-3-5-8/h1-5H,6-7H2. The highest BCUT2D eigenvalue weighted by molar-refractivity contribution is 6.21. The molecule has 0 N–H and O–H groups in total. The van der Waals surface area contributed by atoms with Gasteiger partial charge in [0.2, 0.25) is 0 Å². The maximum Gasteiger partial charge on any atom is 0.537 e. The van der Waals surface area contributed by atoms with E-state index < -0.39 is 27.2 Å². The van der Waals surface area contributed by atoms with Crippen LogP contribution in [0.25, 0.3) is 0 Å². The maximum atomic E-state index is 11.6. The summed E-state index contributed by atoms with van der Waals surface area (Å²) in [6.45, 7) is 0. The lowest BCUT2D eigenvalue weighted by molar-refractivity contribution is -0.766. The van der Waals surface area contributed by atoms with Gasteiger partial charge in [-0.3, -0.25) is 25.0 Å². The van der Waals surface area contributed by atoms with Crippen molar-refractivity contribution < 1.29 is 14.6 Å². The summed E-state index contributed by atoms with van der Waals surface area (Å²) < 4.78 is 0. The summed E-state index contributed by atoms with van der Waals surface area (Å²) >= 11 is 5.29. The monoisotopic (exact) mass is 272 g/mol. The molecule has 0 atom stereocenters. The number of rotatable bonds is 6. The first kappa shape index (κ1) is 14.0. The molecule has 0 aliphatic carbocycles. The van der Waals surface area contributed by atoms with Crippen LogP contribution in [0.4, 0.5) is 0 Å². The van der Waals surface area contributed by atoms with Crippen molar-refractivity contribution in [3.63, 3.8) is 0 Å². The Labute approximate surface area is 107 Å². The van der Waals surface area contributed by atoms with Crippen molar-refractivity contribution in [2.24, 2.45) is 0 Å². The quantitative estimate of drug-likeness (QED) is 0.197. The van der Waals surface area contributed by atoms with Gasteiger partial charge in [0.25, 0.3) is 0 Å². The lowest BCUT2D eigenvalue weighted by Crippen LogP contribution is -2.40. The summed E-state index contributed by atoms with van der Waals surface area (Å²) in [5.74, 6) is -0.427. The van der Waals surface area contributed by atoms with Crippen LogP contribution in [0.3, 0.4) is 0 Å². The van der Waals surface area contributed by atoms with Crippen LogP contribution in [0.5, 0.6) is 0 Å². The summed E-state index contributed by atoms with van der Waals surface area (Å²) in [5, 5.41) is 18.2. The SMILES string of the molecule is O=C(CCC(Cl)([N+](=O)[O-])[N+](=O)[O-])c1ccccc1. The smallest absolute Gasteiger partial charge is 0.294 e. The zero-order chi connectivity index (χ0) is 13.8. The Bertz CT molecular complexity index is 462. The average molecular weight is 273 g/mol. The molecule has 1 rings (SSSR count). The third-order valence-corrected chi connectivity index (χ3v) is 2.79. The fourth-order valence-corrected chi connectivity index (χ4v) is 1.38. The largest absolute Gasteiger partial charge is 0.537 e. The first-order valence-corrected chi connectivity index (χ1v) is 5.32. The highest BCUT2D eigenvalue weighted by Gasteiger charge is 2.54. The van der Waals surface area contributed by atoms with Gasteiger partial charge in [0.15, 0.2) is 5.78 Å². The molecule has 0 heterocycles. The summed E-state index contributed by atoms with van der Waals surface area (Å²) in [7, 11) is 0. The molecule has 0 aliphatic heterocycles. The highest BCUT2D eigenvalue weighted by atomic mass is 35.5. The topological polar surface area (TPSA) is 103 Å². The molecule has 0 saturated heterocycles. The molecule has 0 aromatic heterocycles. The fourth-order valence-electron chi connectivity index (χ4n) is 1.29. The van der Waals surface area contributed by atoms with Gasteiger partial charge in [-0.15, -0.1) is 0 Å². The van der Waals surface area contributed by atoms with Gasteiger partial charge in [-0.1, -0.05) is 30.3 Å². The fraction of sp³-hybridized carbons (Fsp3) is 0.300. The number of nitrogens with zero attached hydrogens (tertiary/aromatic N) is 2. The summed E-state index contributed by atoms with van der Waals surface area (Å²) in [5.41, 5.74) is 0.336. The molecule has 0 aliphatic rings. The molecule has 0 saturated carbocycles. The van der Waals surface area contributed by atoms with Crippen LogP contribution in [0.2, 0.25) is 0 Å². The number of halogens is 1. The third-order valence-electron chi connectivity index (χ3n) is 2.33. The van der Waals surface area contributed by atoms with Crippen molar-refractivity contribution in [1.29, 1.82) is 0 Å². The molecule has 0 unspecified atom stereocenters. The predicted octanol–water partition coefficient (Wildman–Crippen LogP) is 2.10. The minimum atomic E-state index is -2.84. The van der Waals surface area contributed by atoms with E-state index in [2.05, 4.69) is 0 Å². The number of hydrogen-bond donors (Lipinski definition) is 0. The van der Waals surface area contributed by atoms with Crippen molar-refractivity contribution in [1.82, 2.24) is 0 Å². The molecular formula is C10H9ClN2O5. The molecule has 1 aromatic carbocycles. The number of hydrogen-bond acceptors (Lipinski definition) is 5. The van der Waals surface area contributed by atoms with Crippen LogP contribution in [0.15, 0.2) is 30.3 Å². The van der Waals surface area contributed by atoms with Crippen molar-refractivity contribution in [3.8, 4) is 0 Å². The summed E-state index contributed by atoms with van der Waals surface area (Å²) in [6, 6.07) is 8.01. The molecule has 0 amide bonds. The van der Waals surface area contributed by atoms with E-state index in [0.29, 0.717) is 5.56 Å². The number of ketones is 1. The Morgan fingerprint density at radius 2 is 1.67 bits per heavy atom. The molecule has 18 heavy (non-hydrogen) atoms. The lowest BCUT2D eigenvalue weighted by atomic mass is 10.1. The molecule has 8 heteroatoms. The second-order valence-electron chi connectivity index (χ2n) is 3.52. The van der Waals surface area contributed by atoms with Gasteiger partial charge in [-0.05, 0) is 0 Å². The molecule has 0 radical (unpaired) electrons. The van der Waals surface area contributed by atoms with Crippen molar-refractivity contribution in [3.05, 3.63) is 56.1 Å². The van der Waals surface area contributed by atoms with Crippen molar-refractivity contribution in [2.75, 3.05) is 0 Å². The van der Waals surface area contributed by atoms with E-state index in [1.807, 2.05) is 0 Å². The van der Waals surface area contributed by atoms with Crippen LogP contribution in [0, 0.1) is 20.2 Å². The van der Waals surface area contributed by atoms with Gasteiger partial charge in [-0.25, -0.2) is 0 Å². The van der Waals surface area contributed by atoms with E-state index in [0.717, 1.165) is 0 Å². The van der Waals surface area contributed by atoms with E-state index in [1.54, 1.807) is 18.2 Å². The van der Waals surface area contributed by atoms with Crippen LogP contribution in [-0.2, 0) is 0 Å². The Balaban J connectivity index is 2.73. The van der Waals surface area contributed by atoms with E-state index >= 15 is 0 Å². The molecule has 1 aromatic rings. The number of nitro groups is 2. The number of benzene rings is 1. The van der Waals surface area contributed by atoms with E-state index in [9.17, 15) is 25.0 Å². The normalized spacial score (nSPS) is 10.9. The van der Waals surface area contributed by atoms with Gasteiger partial charge in [0.05, 0.1) is 0 Å². The van der Waals surface area contributed by atoms with Gasteiger partial charge in [-0.2, -0.15) is 0 Å². The predicted molar refractivity (Wildman–Crippen MR) is 62.6 cm³/mol. The van der Waals surface area contributed by atoms with Gasteiger partial charge >= 0.3 is 5.12 Å². The van der Waals surface area contributed by atoms with E-state index in [4.69, 9.17) is 11.6 Å². The second-order valence-corrected chi connectivity index (χ2v) is 4.13. The third kappa shape index (κ3) is 3.01. The second kappa shape index (κ2) is 5.54. The van der Waals surface area contributed by atoms with Gasteiger partial charge in [0, 0.05) is 23.6 Å². The van der Waals surface area contributed by atoms with E-state index in [1.165, 1.54) is 12.1 Å². The molecular weight excluding hydrogens is 264 g/mol. The van der Waals surface area contributed by atoms with E-state index in [-0.39, 0.29) is 6.42 Å². The van der Waals surface area contributed by atoms with Crippen LogP contribution >= 0.6 is 11.6 Å². The molecule has 0 fully saturated rings. The molecule has 7 nitrogen and oxygen atoms in total. The maximum absolute atomic E-state index is 11.6. The lowest BCUT2D eigenvalue weighted by Gasteiger charge is -2.09. The number of Topliss-reactive ketones (excluding diaryl/α,β-unsaturated/α-hetero) is 1. The first-order valence-electron chi connectivity index (χ1n) is 4.94. The Hall–Kier alpha value is -2.02. The highest BCUT2D eigenvalue weighted by Crippen LogP contribution is 2.24. The number of carbonyl (C=O) groups excluding carboxylic acids is 1. The van der Waals surface area contributed by atoms with Gasteiger partial charge in [0.1, 0.15) is 16.3 Å². The molecule has 96 valence electrons. The first-order chi connectivity index (χ1) is 8.38. The van der Waals surface area contributed by atoms with Crippen molar-refractivity contribution in [2.45, 2.75) is 18.0 Å². The van der Waals surface area contributed by atoms with Crippen LogP contribution in [-0.4, -0.2) is 20.8 Å². The zero-order valence-electron chi connectivity index (χ0n) is 9.11. The Morgan fingerprint density at radius 1 is 1.17 bits per heavy atom.